The fraction of sp³-hybridized carbons (Fsp3) is 0.455. The predicted octanol–water partition coefficient (Wildman–Crippen LogP) is 1.40. The van der Waals surface area contributed by atoms with Gasteiger partial charge in [-0.15, -0.1) is 0 Å². The van der Waals surface area contributed by atoms with Crippen LogP contribution in [0.3, 0.4) is 0 Å². The van der Waals surface area contributed by atoms with Crippen LogP contribution in [-0.4, -0.2) is 27.1 Å². The van der Waals surface area contributed by atoms with Crippen LogP contribution in [0.25, 0.3) is 0 Å². The highest BCUT2D eigenvalue weighted by atomic mass is 16.4. The number of nitrogens with zero attached hydrogens (tertiary/aromatic N) is 3. The molecule has 6 nitrogen and oxygen atoms in total. The molecule has 17 heavy (non-hydrogen) atoms. The fourth-order valence-corrected chi connectivity index (χ4v) is 1.30. The Hall–Kier alpha value is -2.16. The fourth-order valence-electron chi connectivity index (χ4n) is 1.30. The van der Waals surface area contributed by atoms with E-state index in [1.165, 1.54) is 12.4 Å². The van der Waals surface area contributed by atoms with Crippen molar-refractivity contribution in [3.63, 3.8) is 0 Å². The van der Waals surface area contributed by atoms with Crippen molar-refractivity contribution in [2.45, 2.75) is 32.2 Å². The predicted molar refractivity (Wildman–Crippen MR) is 61.3 cm³/mol. The van der Waals surface area contributed by atoms with Crippen molar-refractivity contribution in [3.05, 3.63) is 18.1 Å². The molecule has 1 atom stereocenters. The van der Waals surface area contributed by atoms with Crippen LogP contribution in [0.4, 0.5) is 5.82 Å². The quantitative estimate of drug-likeness (QED) is 0.771. The molecule has 0 radical (unpaired) electrons. The first kappa shape index (κ1) is 12.9. The zero-order chi connectivity index (χ0) is 12.7. The first-order valence-electron chi connectivity index (χ1n) is 5.39. The molecule has 0 aliphatic carbocycles. The maximum Gasteiger partial charge on any atom is 0.326 e. The molecule has 1 heterocycles. The summed E-state index contributed by atoms with van der Waals surface area (Å²) < 4.78 is 0. The van der Waals surface area contributed by atoms with Crippen molar-refractivity contribution in [2.24, 2.45) is 0 Å². The Bertz CT molecular complexity index is 410. The highest BCUT2D eigenvalue weighted by Gasteiger charge is 2.16. The molecule has 0 aromatic carbocycles. The van der Waals surface area contributed by atoms with Crippen molar-refractivity contribution in [2.75, 3.05) is 5.32 Å². The van der Waals surface area contributed by atoms with Crippen molar-refractivity contribution in [1.29, 1.82) is 5.26 Å². The Morgan fingerprint density at radius 1 is 1.59 bits per heavy atom. The van der Waals surface area contributed by atoms with E-state index >= 15 is 0 Å². The summed E-state index contributed by atoms with van der Waals surface area (Å²) in [7, 11) is 0. The Labute approximate surface area is 99.3 Å². The molecule has 1 aromatic heterocycles. The molecule has 0 bridgehead atoms. The van der Waals surface area contributed by atoms with Gasteiger partial charge in [0.05, 0.1) is 12.4 Å². The number of unbranched alkanes of at least 4 members (excludes halogenated alkanes) is 1. The number of nitriles is 1. The van der Waals surface area contributed by atoms with Crippen LogP contribution in [0.1, 0.15) is 31.9 Å². The van der Waals surface area contributed by atoms with Crippen molar-refractivity contribution < 1.29 is 9.90 Å². The largest absolute Gasteiger partial charge is 0.480 e. The van der Waals surface area contributed by atoms with Crippen molar-refractivity contribution in [1.82, 2.24) is 9.97 Å². The third-order valence-electron chi connectivity index (χ3n) is 2.23. The minimum Gasteiger partial charge on any atom is -0.480 e. The lowest BCUT2D eigenvalue weighted by molar-refractivity contribution is -0.138. The lowest BCUT2D eigenvalue weighted by Crippen LogP contribution is -2.29. The first-order valence-corrected chi connectivity index (χ1v) is 5.39. The molecule has 0 spiro atoms. The third-order valence-corrected chi connectivity index (χ3v) is 2.23. The minimum absolute atomic E-state index is 0.205. The number of carboxylic acids is 1. The maximum absolute atomic E-state index is 11.0. The zero-order valence-electron chi connectivity index (χ0n) is 9.55. The molecular formula is C11H14N4O2. The smallest absolute Gasteiger partial charge is 0.326 e. The Morgan fingerprint density at radius 3 is 2.82 bits per heavy atom. The van der Waals surface area contributed by atoms with Crippen LogP contribution in [0.15, 0.2) is 12.4 Å². The summed E-state index contributed by atoms with van der Waals surface area (Å²) in [6.07, 6.45) is 4.97. The molecule has 0 fully saturated rings. The van der Waals surface area contributed by atoms with Gasteiger partial charge in [0.2, 0.25) is 0 Å². The van der Waals surface area contributed by atoms with E-state index in [1.807, 2.05) is 13.0 Å². The molecular weight excluding hydrogens is 220 g/mol. The van der Waals surface area contributed by atoms with Crippen LogP contribution < -0.4 is 5.32 Å². The summed E-state index contributed by atoms with van der Waals surface area (Å²) in [6, 6.07) is 1.18. The van der Waals surface area contributed by atoms with Crippen LogP contribution >= 0.6 is 0 Å². The molecule has 0 unspecified atom stereocenters. The van der Waals surface area contributed by atoms with E-state index in [0.29, 0.717) is 12.2 Å². The lowest BCUT2D eigenvalue weighted by Gasteiger charge is -2.13. The summed E-state index contributed by atoms with van der Waals surface area (Å²) >= 11 is 0. The number of anilines is 1. The topological polar surface area (TPSA) is 98.9 Å². The average Bonchev–Trinajstić information content (AvgIpc) is 2.35. The maximum atomic E-state index is 11.0. The second-order valence-corrected chi connectivity index (χ2v) is 3.58. The number of hydrogen-bond acceptors (Lipinski definition) is 5. The monoisotopic (exact) mass is 234 g/mol. The number of aliphatic carboxylic acids is 1. The van der Waals surface area contributed by atoms with Crippen molar-refractivity contribution in [3.8, 4) is 6.07 Å². The first-order chi connectivity index (χ1) is 8.17. The van der Waals surface area contributed by atoms with Gasteiger partial charge >= 0.3 is 5.97 Å². The third kappa shape index (κ3) is 4.07. The van der Waals surface area contributed by atoms with Gasteiger partial charge in [0.25, 0.3) is 0 Å². The second-order valence-electron chi connectivity index (χ2n) is 3.58. The number of aromatic nitrogens is 2. The molecule has 0 aliphatic rings. The van der Waals surface area contributed by atoms with E-state index in [4.69, 9.17) is 10.4 Å². The van der Waals surface area contributed by atoms with Crippen LogP contribution in [0.5, 0.6) is 0 Å². The Kier molecular flexibility index (Phi) is 4.88. The zero-order valence-corrected chi connectivity index (χ0v) is 9.55. The van der Waals surface area contributed by atoms with E-state index in [2.05, 4.69) is 15.3 Å². The van der Waals surface area contributed by atoms with Crippen LogP contribution in [0, 0.1) is 11.3 Å². The normalized spacial score (nSPS) is 11.5. The number of nitrogens with one attached hydrogen (secondary N) is 1. The highest BCUT2D eigenvalue weighted by molar-refractivity contribution is 5.76. The highest BCUT2D eigenvalue weighted by Crippen LogP contribution is 2.08. The van der Waals surface area contributed by atoms with Crippen molar-refractivity contribution >= 4 is 11.8 Å². The van der Waals surface area contributed by atoms with Gasteiger partial charge < -0.3 is 10.4 Å². The van der Waals surface area contributed by atoms with Gasteiger partial charge in [-0.3, -0.25) is 0 Å². The van der Waals surface area contributed by atoms with Gasteiger partial charge in [-0.2, -0.15) is 5.26 Å². The molecule has 0 saturated carbocycles. The number of hydrogen-bond donors (Lipinski definition) is 2. The van der Waals surface area contributed by atoms with Crippen LogP contribution in [-0.2, 0) is 4.79 Å². The summed E-state index contributed by atoms with van der Waals surface area (Å²) in [4.78, 5) is 18.7. The molecule has 1 rings (SSSR count). The summed E-state index contributed by atoms with van der Waals surface area (Å²) in [5.41, 5.74) is 0.205. The van der Waals surface area contributed by atoms with E-state index in [1.54, 1.807) is 0 Å². The lowest BCUT2D eigenvalue weighted by atomic mass is 10.1. The Morgan fingerprint density at radius 2 is 2.35 bits per heavy atom. The van der Waals surface area contributed by atoms with E-state index in [0.717, 1.165) is 12.8 Å². The Balaban J connectivity index is 2.65. The summed E-state index contributed by atoms with van der Waals surface area (Å²) in [5, 5.41) is 20.3. The molecule has 90 valence electrons. The molecule has 0 amide bonds. The standard InChI is InChI=1S/C11H14N4O2/c1-2-3-4-9(11(16)17)15-10-7-13-8(5-12)6-14-10/h6-7,9H,2-4H2,1H3,(H,14,15)(H,16,17)/t9-/m0/s1. The molecule has 0 aliphatic heterocycles. The van der Waals surface area contributed by atoms with Gasteiger partial charge in [0.1, 0.15) is 17.9 Å². The summed E-state index contributed by atoms with van der Waals surface area (Å²) in [6.45, 7) is 2.00. The van der Waals surface area contributed by atoms with Gasteiger partial charge in [-0.05, 0) is 6.42 Å². The molecule has 2 N–H and O–H groups in total. The summed E-state index contributed by atoms with van der Waals surface area (Å²) in [5.74, 6) is -0.544. The van der Waals surface area contributed by atoms with Gasteiger partial charge in [-0.1, -0.05) is 19.8 Å². The van der Waals surface area contributed by atoms with E-state index in [9.17, 15) is 4.79 Å². The average molecular weight is 234 g/mol. The number of carbonyl (C=O) groups is 1. The van der Waals surface area contributed by atoms with Crippen LogP contribution in [0.2, 0.25) is 0 Å². The second kappa shape index (κ2) is 6.43. The van der Waals surface area contributed by atoms with Gasteiger partial charge in [0, 0.05) is 0 Å². The molecule has 6 heteroatoms. The molecule has 1 aromatic rings. The minimum atomic E-state index is -0.912. The number of carboxylic acid groups (broad SMARTS) is 1. The van der Waals surface area contributed by atoms with Gasteiger partial charge in [-0.25, -0.2) is 14.8 Å². The van der Waals surface area contributed by atoms with Gasteiger partial charge in [0.15, 0.2) is 5.69 Å². The molecule has 0 saturated heterocycles. The van der Waals surface area contributed by atoms with E-state index in [-0.39, 0.29) is 5.69 Å². The SMILES string of the molecule is CCCC[C@H](Nc1cnc(C#N)cn1)C(=O)O. The van der Waals surface area contributed by atoms with E-state index < -0.39 is 12.0 Å². The number of rotatable bonds is 6.